The van der Waals surface area contributed by atoms with Gasteiger partial charge in [0, 0.05) is 17.5 Å². The molecule has 1 atom stereocenters. The summed E-state index contributed by atoms with van der Waals surface area (Å²) in [6.07, 6.45) is 1.37. The average molecular weight is 415 g/mol. The van der Waals surface area contributed by atoms with Crippen LogP contribution < -0.4 is 10.1 Å². The highest BCUT2D eigenvalue weighted by molar-refractivity contribution is 5.80. The van der Waals surface area contributed by atoms with Crippen molar-refractivity contribution in [2.45, 2.75) is 32.7 Å². The Balaban J connectivity index is 1.34. The maximum absolute atomic E-state index is 12.1. The predicted molar refractivity (Wildman–Crippen MR) is 120 cm³/mol. The lowest BCUT2D eigenvalue weighted by Crippen LogP contribution is -2.36. The van der Waals surface area contributed by atoms with Crippen molar-refractivity contribution in [3.05, 3.63) is 96.2 Å². The highest BCUT2D eigenvalue weighted by Gasteiger charge is 2.12. The van der Waals surface area contributed by atoms with Crippen molar-refractivity contribution in [3.8, 4) is 5.75 Å². The summed E-state index contributed by atoms with van der Waals surface area (Å²) in [4.78, 5) is 12.1. The van der Waals surface area contributed by atoms with Crippen molar-refractivity contribution in [1.29, 1.82) is 0 Å². The van der Waals surface area contributed by atoms with Gasteiger partial charge in [0.25, 0.3) is 0 Å². The second-order valence-corrected chi connectivity index (χ2v) is 7.43. The van der Waals surface area contributed by atoms with Gasteiger partial charge in [0.2, 0.25) is 0 Å². The van der Waals surface area contributed by atoms with Gasteiger partial charge in [-0.2, -0.15) is 5.10 Å². The normalized spacial score (nSPS) is 11.8. The van der Waals surface area contributed by atoms with Crippen LogP contribution in [-0.2, 0) is 24.5 Å². The van der Waals surface area contributed by atoms with Crippen molar-refractivity contribution in [1.82, 2.24) is 15.1 Å². The largest absolute Gasteiger partial charge is 0.489 e. The number of aromatic nitrogens is 2. The summed E-state index contributed by atoms with van der Waals surface area (Å²) < 4.78 is 13.1. The molecule has 0 unspecified atom stereocenters. The summed E-state index contributed by atoms with van der Waals surface area (Å²) in [7, 11) is 0. The van der Waals surface area contributed by atoms with E-state index in [1.54, 1.807) is 0 Å². The highest BCUT2D eigenvalue weighted by atomic mass is 16.5. The molecule has 31 heavy (non-hydrogen) atoms. The number of hydrogen-bond donors (Lipinski definition) is 1. The number of nitrogens with one attached hydrogen (secondary N) is 1. The van der Waals surface area contributed by atoms with E-state index >= 15 is 0 Å². The predicted octanol–water partition coefficient (Wildman–Crippen LogP) is 4.93. The minimum absolute atomic E-state index is 0.153. The maximum Gasteiger partial charge on any atom is 0.407 e. The van der Waals surface area contributed by atoms with Gasteiger partial charge in [-0.05, 0) is 30.2 Å². The minimum atomic E-state index is -0.445. The first-order chi connectivity index (χ1) is 15.2. The second kappa shape index (κ2) is 9.80. The Morgan fingerprint density at radius 2 is 1.65 bits per heavy atom. The van der Waals surface area contributed by atoms with Gasteiger partial charge in [0.1, 0.15) is 19.0 Å². The van der Waals surface area contributed by atoms with E-state index in [-0.39, 0.29) is 12.6 Å². The summed E-state index contributed by atoms with van der Waals surface area (Å²) in [6, 6.07) is 25.4. The van der Waals surface area contributed by atoms with Crippen LogP contribution in [0.25, 0.3) is 10.9 Å². The fourth-order valence-corrected chi connectivity index (χ4v) is 3.30. The number of amides is 1. The molecule has 4 aromatic rings. The van der Waals surface area contributed by atoms with Gasteiger partial charge in [-0.1, -0.05) is 60.7 Å². The Labute approximate surface area is 181 Å². The summed E-state index contributed by atoms with van der Waals surface area (Å²) in [5.74, 6) is 0.779. The van der Waals surface area contributed by atoms with Gasteiger partial charge in [-0.25, -0.2) is 4.79 Å². The Hall–Kier alpha value is -3.80. The maximum atomic E-state index is 12.1. The molecule has 0 aliphatic carbocycles. The van der Waals surface area contributed by atoms with E-state index in [0.717, 1.165) is 27.8 Å². The number of benzene rings is 3. The van der Waals surface area contributed by atoms with Gasteiger partial charge in [-0.15, -0.1) is 0 Å². The van der Waals surface area contributed by atoms with Crippen LogP contribution in [0.4, 0.5) is 4.79 Å². The van der Waals surface area contributed by atoms with Crippen LogP contribution >= 0.6 is 0 Å². The first-order valence-corrected chi connectivity index (χ1v) is 10.3. The molecule has 1 aromatic heterocycles. The molecule has 1 amide bonds. The van der Waals surface area contributed by atoms with Gasteiger partial charge >= 0.3 is 6.09 Å². The molecule has 0 bridgehead atoms. The Bertz CT molecular complexity index is 1130. The third-order valence-electron chi connectivity index (χ3n) is 4.89. The van der Waals surface area contributed by atoms with Gasteiger partial charge in [0.15, 0.2) is 0 Å². The number of ether oxygens (including phenoxy) is 2. The smallest absolute Gasteiger partial charge is 0.407 e. The zero-order valence-electron chi connectivity index (χ0n) is 17.4. The number of fused-ring (bicyclic) bond motifs is 1. The second-order valence-electron chi connectivity index (χ2n) is 7.43. The average Bonchev–Trinajstić information content (AvgIpc) is 3.19. The van der Waals surface area contributed by atoms with Crippen molar-refractivity contribution in [3.63, 3.8) is 0 Å². The van der Waals surface area contributed by atoms with Crippen molar-refractivity contribution in [2.75, 3.05) is 0 Å². The lowest BCUT2D eigenvalue weighted by molar-refractivity contribution is 0.135. The Morgan fingerprint density at radius 3 is 2.35 bits per heavy atom. The standard InChI is InChI=1S/C25H25N3O3/c1-19(27-25(29)31-18-21-10-6-3-7-11-21)16-28-24-14-23(13-12-22(24)15-26-28)30-17-20-8-4-2-5-9-20/h2-15,19H,16-18H2,1H3,(H,27,29)/t19-/m0/s1. The fourth-order valence-electron chi connectivity index (χ4n) is 3.30. The Morgan fingerprint density at radius 1 is 0.968 bits per heavy atom. The first-order valence-electron chi connectivity index (χ1n) is 10.3. The zero-order chi connectivity index (χ0) is 21.5. The molecule has 0 spiro atoms. The van der Waals surface area contributed by atoms with Gasteiger partial charge < -0.3 is 14.8 Å². The molecule has 0 aliphatic rings. The SMILES string of the molecule is C[C@@H](Cn1ncc2ccc(OCc3ccccc3)cc21)NC(=O)OCc1ccccc1. The van der Waals surface area contributed by atoms with E-state index in [9.17, 15) is 4.79 Å². The topological polar surface area (TPSA) is 65.4 Å². The van der Waals surface area contributed by atoms with E-state index in [4.69, 9.17) is 9.47 Å². The molecule has 0 radical (unpaired) electrons. The van der Waals surface area contributed by atoms with E-state index in [0.29, 0.717) is 13.2 Å². The summed E-state index contributed by atoms with van der Waals surface area (Å²) >= 11 is 0. The third kappa shape index (κ3) is 5.63. The van der Waals surface area contributed by atoms with Crippen LogP contribution in [0.2, 0.25) is 0 Å². The summed E-state index contributed by atoms with van der Waals surface area (Å²) in [5, 5.41) is 8.35. The van der Waals surface area contributed by atoms with Crippen molar-refractivity contribution >= 4 is 17.0 Å². The third-order valence-corrected chi connectivity index (χ3v) is 4.89. The fraction of sp³-hybridized carbons (Fsp3) is 0.200. The molecular formula is C25H25N3O3. The zero-order valence-corrected chi connectivity index (χ0v) is 17.4. The summed E-state index contributed by atoms with van der Waals surface area (Å²) in [5.41, 5.74) is 3.02. The lowest BCUT2D eigenvalue weighted by Gasteiger charge is -2.15. The molecule has 1 N–H and O–H groups in total. The van der Waals surface area contributed by atoms with Gasteiger partial charge in [0.05, 0.1) is 18.3 Å². The molecule has 0 fully saturated rings. The number of rotatable bonds is 8. The van der Waals surface area contributed by atoms with E-state index in [2.05, 4.69) is 10.4 Å². The van der Waals surface area contributed by atoms with Crippen LogP contribution in [0.5, 0.6) is 5.75 Å². The number of hydrogen-bond acceptors (Lipinski definition) is 4. The van der Waals surface area contributed by atoms with Crippen LogP contribution in [0.3, 0.4) is 0 Å². The van der Waals surface area contributed by atoms with E-state index < -0.39 is 6.09 Å². The molecule has 0 saturated carbocycles. The van der Waals surface area contributed by atoms with Crippen LogP contribution in [0.15, 0.2) is 85.1 Å². The Kier molecular flexibility index (Phi) is 6.47. The molecule has 1 heterocycles. The molecule has 0 saturated heterocycles. The first kappa shape index (κ1) is 20.5. The molecule has 6 heteroatoms. The monoisotopic (exact) mass is 415 g/mol. The van der Waals surface area contributed by atoms with Crippen molar-refractivity contribution in [2.24, 2.45) is 0 Å². The van der Waals surface area contributed by atoms with E-state index in [1.165, 1.54) is 0 Å². The highest BCUT2D eigenvalue weighted by Crippen LogP contribution is 2.22. The van der Waals surface area contributed by atoms with Crippen LogP contribution in [0.1, 0.15) is 18.1 Å². The van der Waals surface area contributed by atoms with Gasteiger partial charge in [-0.3, -0.25) is 4.68 Å². The minimum Gasteiger partial charge on any atom is -0.489 e. The molecule has 3 aromatic carbocycles. The number of carbonyl (C=O) groups excluding carboxylic acids is 1. The number of alkyl carbamates (subject to hydrolysis) is 1. The van der Waals surface area contributed by atoms with Crippen molar-refractivity contribution < 1.29 is 14.3 Å². The molecule has 0 aliphatic heterocycles. The van der Waals surface area contributed by atoms with E-state index in [1.807, 2.05) is 96.7 Å². The van der Waals surface area contributed by atoms with Crippen LogP contribution in [0, 0.1) is 0 Å². The molecule has 6 nitrogen and oxygen atoms in total. The number of carbonyl (C=O) groups is 1. The summed E-state index contributed by atoms with van der Waals surface area (Å²) in [6.45, 7) is 3.19. The molecular weight excluding hydrogens is 390 g/mol. The van der Waals surface area contributed by atoms with Crippen LogP contribution in [-0.4, -0.2) is 21.9 Å². The quantitative estimate of drug-likeness (QED) is 0.443. The molecule has 4 rings (SSSR count). The number of nitrogens with zero attached hydrogens (tertiary/aromatic N) is 2. The molecule has 158 valence electrons. The lowest BCUT2D eigenvalue weighted by atomic mass is 10.2.